The van der Waals surface area contributed by atoms with Crippen LogP contribution in [0.15, 0.2) is 36.4 Å². The van der Waals surface area contributed by atoms with Gasteiger partial charge in [0.15, 0.2) is 6.10 Å². The molecule has 3 aromatic rings. The van der Waals surface area contributed by atoms with Gasteiger partial charge in [0.1, 0.15) is 5.75 Å². The third-order valence-corrected chi connectivity index (χ3v) is 6.56. The molecule has 1 aliphatic rings. The van der Waals surface area contributed by atoms with Crippen molar-refractivity contribution in [3.63, 3.8) is 0 Å². The third-order valence-electron chi connectivity index (χ3n) is 4.93. The van der Waals surface area contributed by atoms with E-state index < -0.39 is 6.10 Å². The molecule has 1 amide bonds. The first-order chi connectivity index (χ1) is 13.9. The van der Waals surface area contributed by atoms with Crippen molar-refractivity contribution < 1.29 is 9.53 Å². The van der Waals surface area contributed by atoms with Gasteiger partial charge >= 0.3 is 0 Å². The number of ether oxygens (including phenoxy) is 1. The van der Waals surface area contributed by atoms with Gasteiger partial charge < -0.3 is 9.64 Å². The second-order valence-corrected chi connectivity index (χ2v) is 9.23. The quantitative estimate of drug-likeness (QED) is 0.462. The number of anilines is 1. The number of nitrogens with zero attached hydrogens (tertiary/aromatic N) is 2. The van der Waals surface area contributed by atoms with Gasteiger partial charge in [0, 0.05) is 10.4 Å². The van der Waals surface area contributed by atoms with Crippen LogP contribution in [0.25, 0.3) is 11.3 Å². The van der Waals surface area contributed by atoms with Crippen molar-refractivity contribution in [3.05, 3.63) is 61.9 Å². The number of aromatic nitrogens is 1. The summed E-state index contributed by atoms with van der Waals surface area (Å²) in [5.74, 6) is 0.638. The number of rotatable bonds is 4. The topological polar surface area (TPSA) is 42.4 Å². The van der Waals surface area contributed by atoms with Crippen molar-refractivity contribution in [3.8, 4) is 17.0 Å². The molecule has 0 saturated carbocycles. The van der Waals surface area contributed by atoms with Gasteiger partial charge in [-0.1, -0.05) is 36.2 Å². The van der Waals surface area contributed by atoms with Gasteiger partial charge in [-0.3, -0.25) is 4.79 Å². The fourth-order valence-corrected chi connectivity index (χ4v) is 4.67. The number of amides is 1. The molecule has 1 unspecified atom stereocenters. The molecule has 1 aromatic heterocycles. The van der Waals surface area contributed by atoms with Crippen molar-refractivity contribution in [1.82, 2.24) is 4.98 Å². The number of fused-ring (bicyclic) bond motifs is 1. The lowest BCUT2D eigenvalue weighted by Crippen LogP contribution is -2.45. The number of thiazole rings is 1. The zero-order chi connectivity index (χ0) is 20.7. The van der Waals surface area contributed by atoms with Crippen LogP contribution in [-0.2, 0) is 11.3 Å². The molecule has 7 heteroatoms. The standard InChI is InChI=1S/C22H20Cl2N2O2S/c1-4-19-22(27)26(11-14-5-7-16(23)17(24)9-14)18-10-15(6-8-20(18)28-19)21-12(2)29-13(3)25-21/h5-10,19H,4,11H2,1-3H3. The Morgan fingerprint density at radius 2 is 1.93 bits per heavy atom. The molecule has 0 radical (unpaired) electrons. The van der Waals surface area contributed by atoms with Crippen LogP contribution in [0, 0.1) is 13.8 Å². The van der Waals surface area contributed by atoms with E-state index in [4.69, 9.17) is 27.9 Å². The van der Waals surface area contributed by atoms with Crippen LogP contribution >= 0.6 is 34.5 Å². The lowest BCUT2D eigenvalue weighted by Gasteiger charge is -2.34. The maximum atomic E-state index is 13.1. The highest BCUT2D eigenvalue weighted by atomic mass is 35.5. The lowest BCUT2D eigenvalue weighted by atomic mass is 10.1. The average molecular weight is 447 g/mol. The van der Waals surface area contributed by atoms with Crippen LogP contribution in [0.1, 0.15) is 28.8 Å². The minimum Gasteiger partial charge on any atom is -0.478 e. The van der Waals surface area contributed by atoms with Crippen LogP contribution in [0.2, 0.25) is 10.0 Å². The number of halogens is 2. The van der Waals surface area contributed by atoms with Crippen LogP contribution in [0.4, 0.5) is 5.69 Å². The summed E-state index contributed by atoms with van der Waals surface area (Å²) in [6, 6.07) is 11.3. The monoisotopic (exact) mass is 446 g/mol. The van der Waals surface area contributed by atoms with Crippen molar-refractivity contribution in [1.29, 1.82) is 0 Å². The number of hydrogen-bond acceptors (Lipinski definition) is 4. The molecule has 1 atom stereocenters. The summed E-state index contributed by atoms with van der Waals surface area (Å²) in [6.45, 7) is 6.39. The molecule has 2 heterocycles. The van der Waals surface area contributed by atoms with E-state index in [0.717, 1.165) is 32.4 Å². The fraction of sp³-hybridized carbons (Fsp3) is 0.273. The highest BCUT2D eigenvalue weighted by molar-refractivity contribution is 7.11. The van der Waals surface area contributed by atoms with Crippen LogP contribution in [0.3, 0.4) is 0 Å². The summed E-state index contributed by atoms with van der Waals surface area (Å²) in [6.07, 6.45) is 0.0989. The molecule has 4 rings (SSSR count). The Bertz CT molecular complexity index is 1100. The third kappa shape index (κ3) is 3.87. The molecule has 0 fully saturated rings. The molecule has 2 aromatic carbocycles. The van der Waals surface area contributed by atoms with Crippen molar-refractivity contribution >= 4 is 46.1 Å². The SMILES string of the molecule is CCC1Oc2ccc(-c3nc(C)sc3C)cc2N(Cc2ccc(Cl)c(Cl)c2)C1=O. The normalized spacial score (nSPS) is 16.0. The van der Waals surface area contributed by atoms with Crippen molar-refractivity contribution in [2.24, 2.45) is 0 Å². The molecule has 150 valence electrons. The van der Waals surface area contributed by atoms with E-state index in [1.807, 2.05) is 38.1 Å². The Morgan fingerprint density at radius 1 is 1.14 bits per heavy atom. The second kappa shape index (κ2) is 7.98. The van der Waals surface area contributed by atoms with E-state index in [1.165, 1.54) is 0 Å². The van der Waals surface area contributed by atoms with Gasteiger partial charge in [-0.2, -0.15) is 0 Å². The van der Waals surface area contributed by atoms with E-state index >= 15 is 0 Å². The summed E-state index contributed by atoms with van der Waals surface area (Å²) < 4.78 is 5.97. The second-order valence-electron chi connectivity index (χ2n) is 7.01. The average Bonchev–Trinajstić information content (AvgIpc) is 3.04. The smallest absolute Gasteiger partial charge is 0.268 e. The van der Waals surface area contributed by atoms with Crippen molar-refractivity contribution in [2.75, 3.05) is 4.90 Å². The Labute approximate surface area is 184 Å². The fourth-order valence-electron chi connectivity index (χ4n) is 3.51. The number of hydrogen-bond donors (Lipinski definition) is 0. The molecular formula is C22H20Cl2N2O2S. The van der Waals surface area contributed by atoms with Crippen molar-refractivity contribution in [2.45, 2.75) is 39.8 Å². The Hall–Kier alpha value is -2.08. The first-order valence-corrected chi connectivity index (χ1v) is 10.9. The maximum absolute atomic E-state index is 13.1. The van der Waals surface area contributed by atoms with E-state index in [1.54, 1.807) is 28.4 Å². The minimum absolute atomic E-state index is 0.0607. The number of benzene rings is 2. The predicted octanol–water partition coefficient (Wildman–Crippen LogP) is 6.44. The molecule has 1 aliphatic heterocycles. The van der Waals surface area contributed by atoms with Gasteiger partial charge in [-0.05, 0) is 56.2 Å². The number of aryl methyl sites for hydroxylation is 2. The van der Waals surface area contributed by atoms with Crippen LogP contribution in [0.5, 0.6) is 5.75 Å². The molecule has 0 saturated heterocycles. The zero-order valence-corrected chi connectivity index (χ0v) is 18.7. The predicted molar refractivity (Wildman–Crippen MR) is 119 cm³/mol. The van der Waals surface area contributed by atoms with E-state index in [2.05, 4.69) is 11.9 Å². The first kappa shape index (κ1) is 20.2. The summed E-state index contributed by atoms with van der Waals surface area (Å²) in [4.78, 5) is 20.7. The highest BCUT2D eigenvalue weighted by Crippen LogP contribution is 2.40. The largest absolute Gasteiger partial charge is 0.478 e. The van der Waals surface area contributed by atoms with E-state index in [-0.39, 0.29) is 5.91 Å². The molecule has 0 bridgehead atoms. The van der Waals surface area contributed by atoms with Gasteiger partial charge in [0.05, 0.1) is 33.0 Å². The molecule has 0 spiro atoms. The van der Waals surface area contributed by atoms with Crippen LogP contribution in [-0.4, -0.2) is 17.0 Å². The molecule has 4 nitrogen and oxygen atoms in total. The lowest BCUT2D eigenvalue weighted by molar-refractivity contribution is -0.126. The number of carbonyl (C=O) groups excluding carboxylic acids is 1. The van der Waals surface area contributed by atoms with Crippen LogP contribution < -0.4 is 9.64 Å². The summed E-state index contributed by atoms with van der Waals surface area (Å²) in [7, 11) is 0. The maximum Gasteiger partial charge on any atom is 0.268 e. The summed E-state index contributed by atoms with van der Waals surface area (Å²) in [5.41, 5.74) is 3.56. The molecular weight excluding hydrogens is 427 g/mol. The van der Waals surface area contributed by atoms with Gasteiger partial charge in [0.2, 0.25) is 0 Å². The molecule has 0 N–H and O–H groups in total. The Balaban J connectivity index is 1.78. The molecule has 29 heavy (non-hydrogen) atoms. The minimum atomic E-state index is -0.501. The zero-order valence-electron chi connectivity index (χ0n) is 16.3. The van der Waals surface area contributed by atoms with Gasteiger partial charge in [0.25, 0.3) is 5.91 Å². The Morgan fingerprint density at radius 3 is 2.59 bits per heavy atom. The first-order valence-electron chi connectivity index (χ1n) is 9.37. The molecule has 0 aliphatic carbocycles. The van der Waals surface area contributed by atoms with Gasteiger partial charge in [-0.25, -0.2) is 4.98 Å². The van der Waals surface area contributed by atoms with E-state index in [0.29, 0.717) is 28.8 Å². The Kier molecular flexibility index (Phi) is 5.56. The summed E-state index contributed by atoms with van der Waals surface area (Å²) in [5, 5.41) is 1.98. The summed E-state index contributed by atoms with van der Waals surface area (Å²) >= 11 is 13.9. The highest BCUT2D eigenvalue weighted by Gasteiger charge is 2.33. The number of carbonyl (C=O) groups is 1. The van der Waals surface area contributed by atoms with Gasteiger partial charge in [-0.15, -0.1) is 11.3 Å². The van der Waals surface area contributed by atoms with E-state index in [9.17, 15) is 4.79 Å².